The predicted molar refractivity (Wildman–Crippen MR) is 143 cm³/mol. The van der Waals surface area contributed by atoms with E-state index in [0.29, 0.717) is 41.1 Å². The lowest BCUT2D eigenvalue weighted by Crippen LogP contribution is -2.49. The summed E-state index contributed by atoms with van der Waals surface area (Å²) in [6.45, 7) is 3.17. The minimum Gasteiger partial charge on any atom is -0.330 e. The minimum absolute atomic E-state index is 0.327. The fraction of sp³-hybridized carbons (Fsp3) is 0.346. The van der Waals surface area contributed by atoms with Gasteiger partial charge < -0.3 is 4.90 Å². The zero-order valence-electron chi connectivity index (χ0n) is 20.5. The molecule has 1 amide bonds. The standard InChI is InChI=1S/C26H25Cl2F3N2O3S2/c1-3-16(2)33(38(35,36)19-6-4-5-17(13-19)26(29,30)31)15-24(34)32-11-9-23-21(10-12-37-23)25(32)20-8-7-18(27)14-22(20)28/h4-8,10,12-14,16,25H,3,9,11,15H2,1-2H3. The third-order valence-electron chi connectivity index (χ3n) is 6.68. The summed E-state index contributed by atoms with van der Waals surface area (Å²) in [5.74, 6) is -0.478. The number of carbonyl (C=O) groups is 1. The van der Waals surface area contributed by atoms with Crippen LogP contribution >= 0.6 is 34.5 Å². The molecule has 1 aliphatic rings. The van der Waals surface area contributed by atoms with Crippen LogP contribution in [-0.2, 0) is 27.4 Å². The van der Waals surface area contributed by atoms with Crippen LogP contribution in [0.2, 0.25) is 10.0 Å². The molecule has 0 bridgehead atoms. The third-order valence-corrected chi connectivity index (χ3v) is 10.2. The van der Waals surface area contributed by atoms with Gasteiger partial charge in [0.25, 0.3) is 0 Å². The maximum Gasteiger partial charge on any atom is 0.416 e. The molecule has 0 N–H and O–H groups in total. The molecule has 0 spiro atoms. The van der Waals surface area contributed by atoms with Gasteiger partial charge in [-0.3, -0.25) is 4.79 Å². The summed E-state index contributed by atoms with van der Waals surface area (Å²) in [5.41, 5.74) is 0.474. The summed E-state index contributed by atoms with van der Waals surface area (Å²) in [6.07, 6.45) is -3.77. The summed E-state index contributed by atoms with van der Waals surface area (Å²) < 4.78 is 68.1. The van der Waals surface area contributed by atoms with E-state index in [2.05, 4.69) is 0 Å². The second kappa shape index (κ2) is 11.2. The van der Waals surface area contributed by atoms with Crippen molar-refractivity contribution >= 4 is 50.5 Å². The molecule has 1 aromatic heterocycles. The molecule has 0 saturated heterocycles. The monoisotopic (exact) mass is 604 g/mol. The van der Waals surface area contributed by atoms with Gasteiger partial charge in [0, 0.05) is 27.5 Å². The lowest BCUT2D eigenvalue weighted by Gasteiger charge is -2.38. The Morgan fingerprint density at radius 2 is 1.89 bits per heavy atom. The van der Waals surface area contributed by atoms with Gasteiger partial charge in [-0.2, -0.15) is 17.5 Å². The van der Waals surface area contributed by atoms with E-state index in [9.17, 15) is 26.4 Å². The van der Waals surface area contributed by atoms with E-state index in [4.69, 9.17) is 23.2 Å². The topological polar surface area (TPSA) is 57.7 Å². The van der Waals surface area contributed by atoms with E-state index >= 15 is 0 Å². The second-order valence-electron chi connectivity index (χ2n) is 9.04. The smallest absolute Gasteiger partial charge is 0.330 e. The lowest BCUT2D eigenvalue weighted by atomic mass is 9.93. The Bertz CT molecular complexity index is 1440. The Balaban J connectivity index is 1.71. The molecule has 2 aromatic carbocycles. The maximum atomic E-state index is 13.8. The highest BCUT2D eigenvalue weighted by Crippen LogP contribution is 2.41. The highest BCUT2D eigenvalue weighted by atomic mass is 35.5. The molecule has 0 radical (unpaired) electrons. The van der Waals surface area contributed by atoms with E-state index in [1.807, 2.05) is 11.4 Å². The molecule has 2 heterocycles. The average Bonchev–Trinajstić information content (AvgIpc) is 3.35. The number of hydrogen-bond acceptors (Lipinski definition) is 4. The highest BCUT2D eigenvalue weighted by Gasteiger charge is 2.38. The lowest BCUT2D eigenvalue weighted by molar-refractivity contribution is -0.138. The number of amides is 1. The van der Waals surface area contributed by atoms with Crippen LogP contribution in [-0.4, -0.2) is 42.7 Å². The van der Waals surface area contributed by atoms with Gasteiger partial charge in [-0.15, -0.1) is 11.3 Å². The molecule has 5 nitrogen and oxygen atoms in total. The van der Waals surface area contributed by atoms with Gasteiger partial charge >= 0.3 is 6.18 Å². The first-order valence-electron chi connectivity index (χ1n) is 11.8. The zero-order chi connectivity index (χ0) is 27.8. The number of nitrogens with zero attached hydrogens (tertiary/aromatic N) is 2. The van der Waals surface area contributed by atoms with Gasteiger partial charge in [-0.25, -0.2) is 8.42 Å². The summed E-state index contributed by atoms with van der Waals surface area (Å²) >= 11 is 14.2. The van der Waals surface area contributed by atoms with Crippen molar-refractivity contribution in [2.45, 2.75) is 49.8 Å². The van der Waals surface area contributed by atoms with Crippen molar-refractivity contribution in [1.29, 1.82) is 0 Å². The van der Waals surface area contributed by atoms with Crippen LogP contribution in [0.25, 0.3) is 0 Å². The number of thiophene rings is 1. The quantitative estimate of drug-likeness (QED) is 0.291. The molecule has 12 heteroatoms. The Labute approximate surface area is 233 Å². The predicted octanol–water partition coefficient (Wildman–Crippen LogP) is 7.04. The van der Waals surface area contributed by atoms with Gasteiger partial charge in [0.15, 0.2) is 0 Å². The molecular weight excluding hydrogens is 580 g/mol. The molecule has 2 atom stereocenters. The van der Waals surface area contributed by atoms with E-state index < -0.39 is 51.2 Å². The molecule has 0 saturated carbocycles. The molecule has 38 heavy (non-hydrogen) atoms. The fourth-order valence-corrected chi connectivity index (χ4v) is 7.63. The first-order valence-corrected chi connectivity index (χ1v) is 14.9. The van der Waals surface area contributed by atoms with Crippen LogP contribution < -0.4 is 0 Å². The zero-order valence-corrected chi connectivity index (χ0v) is 23.6. The van der Waals surface area contributed by atoms with Crippen molar-refractivity contribution in [2.75, 3.05) is 13.1 Å². The van der Waals surface area contributed by atoms with Crippen LogP contribution in [0.4, 0.5) is 13.2 Å². The largest absolute Gasteiger partial charge is 0.416 e. The number of hydrogen-bond donors (Lipinski definition) is 0. The van der Waals surface area contributed by atoms with E-state index in [-0.39, 0.29) is 0 Å². The van der Waals surface area contributed by atoms with Crippen LogP contribution in [0, 0.1) is 0 Å². The first-order chi connectivity index (χ1) is 17.8. The summed E-state index contributed by atoms with van der Waals surface area (Å²) in [4.78, 5) is 16.0. The normalized spacial score (nSPS) is 16.9. The van der Waals surface area contributed by atoms with Crippen molar-refractivity contribution in [2.24, 2.45) is 0 Å². The maximum absolute atomic E-state index is 13.8. The van der Waals surface area contributed by atoms with Crippen molar-refractivity contribution in [3.05, 3.63) is 85.5 Å². The van der Waals surface area contributed by atoms with Crippen LogP contribution in [0.15, 0.2) is 58.8 Å². The van der Waals surface area contributed by atoms with E-state index in [1.165, 1.54) is 0 Å². The summed E-state index contributed by atoms with van der Waals surface area (Å²) in [5, 5.41) is 2.74. The van der Waals surface area contributed by atoms with Gasteiger partial charge in [0.1, 0.15) is 0 Å². The van der Waals surface area contributed by atoms with E-state index in [0.717, 1.165) is 32.9 Å². The first kappa shape index (κ1) is 28.9. The molecule has 3 aromatic rings. The van der Waals surface area contributed by atoms with Crippen molar-refractivity contribution in [3.63, 3.8) is 0 Å². The average molecular weight is 606 g/mol. The molecule has 0 fully saturated rings. The third kappa shape index (κ3) is 5.74. The molecule has 2 unspecified atom stereocenters. The van der Waals surface area contributed by atoms with Crippen LogP contribution in [0.1, 0.15) is 47.9 Å². The number of halogens is 5. The number of fused-ring (bicyclic) bond motifs is 1. The number of sulfonamides is 1. The molecule has 4 rings (SSSR count). The minimum atomic E-state index is -4.71. The molecule has 1 aliphatic heterocycles. The number of rotatable bonds is 7. The fourth-order valence-electron chi connectivity index (χ4n) is 4.52. The SMILES string of the molecule is CCC(C)N(CC(=O)N1CCc2sccc2C1c1ccc(Cl)cc1Cl)S(=O)(=O)c1cccc(C(F)(F)F)c1. The van der Waals surface area contributed by atoms with E-state index in [1.54, 1.807) is 48.3 Å². The second-order valence-corrected chi connectivity index (χ2v) is 12.8. The van der Waals surface area contributed by atoms with Crippen molar-refractivity contribution in [3.8, 4) is 0 Å². The van der Waals surface area contributed by atoms with Crippen molar-refractivity contribution < 1.29 is 26.4 Å². The number of carbonyl (C=O) groups excluding carboxylic acids is 1. The summed E-state index contributed by atoms with van der Waals surface area (Å²) in [7, 11) is -4.43. The Morgan fingerprint density at radius 1 is 1.16 bits per heavy atom. The van der Waals surface area contributed by atoms with Gasteiger partial charge in [0.2, 0.25) is 15.9 Å². The highest BCUT2D eigenvalue weighted by molar-refractivity contribution is 7.89. The Hall–Kier alpha value is -2.11. The Morgan fingerprint density at radius 3 is 2.55 bits per heavy atom. The summed E-state index contributed by atoms with van der Waals surface area (Å²) in [6, 6.07) is 9.30. The van der Waals surface area contributed by atoms with Crippen LogP contribution in [0.3, 0.4) is 0 Å². The van der Waals surface area contributed by atoms with Gasteiger partial charge in [0.05, 0.1) is 23.0 Å². The van der Waals surface area contributed by atoms with Crippen molar-refractivity contribution in [1.82, 2.24) is 9.21 Å². The number of benzene rings is 2. The molecule has 204 valence electrons. The van der Waals surface area contributed by atoms with Gasteiger partial charge in [-0.05, 0) is 72.7 Å². The number of alkyl halides is 3. The Kier molecular flexibility index (Phi) is 8.49. The van der Waals surface area contributed by atoms with Crippen LogP contribution in [0.5, 0.6) is 0 Å². The molecular formula is C26H25Cl2F3N2O3S2. The molecule has 0 aliphatic carbocycles. The van der Waals surface area contributed by atoms with Gasteiger partial charge in [-0.1, -0.05) is 42.3 Å².